The molecule has 0 bridgehead atoms. The van der Waals surface area contributed by atoms with Gasteiger partial charge < -0.3 is 9.84 Å². The van der Waals surface area contributed by atoms with E-state index in [-0.39, 0.29) is 5.97 Å². The Balaban J connectivity index is 1.98. The van der Waals surface area contributed by atoms with Crippen LogP contribution in [-0.2, 0) is 11.3 Å². The first kappa shape index (κ1) is 14.0. The molecule has 1 aromatic rings. The molecule has 1 saturated heterocycles. The molecule has 0 amide bonds. The summed E-state index contributed by atoms with van der Waals surface area (Å²) in [5.74, 6) is -0.302. The van der Waals surface area contributed by atoms with Gasteiger partial charge in [-0.05, 0) is 37.5 Å². The summed E-state index contributed by atoms with van der Waals surface area (Å²) in [7, 11) is 1.39. The maximum atomic E-state index is 11.5. The van der Waals surface area contributed by atoms with Crippen LogP contribution >= 0.6 is 0 Å². The highest BCUT2D eigenvalue weighted by molar-refractivity contribution is 5.89. The lowest BCUT2D eigenvalue weighted by Gasteiger charge is -2.35. The standard InChI is InChI=1S/C15H21NO3/c1-15(18)6-8-16(9-7-15)11-12-4-3-5-13(10-12)14(17)19-2/h3-5,10,18H,6-9,11H2,1-2H3. The summed E-state index contributed by atoms with van der Waals surface area (Å²) in [4.78, 5) is 13.8. The predicted octanol–water partition coefficient (Wildman–Crippen LogP) is 1.82. The Hall–Kier alpha value is -1.39. The first-order valence-electron chi connectivity index (χ1n) is 6.62. The summed E-state index contributed by atoms with van der Waals surface area (Å²) >= 11 is 0. The number of rotatable bonds is 3. The number of piperidine rings is 1. The number of nitrogens with zero attached hydrogens (tertiary/aromatic N) is 1. The van der Waals surface area contributed by atoms with Crippen LogP contribution in [0.15, 0.2) is 24.3 Å². The molecule has 1 aliphatic heterocycles. The second kappa shape index (κ2) is 5.72. The number of carbonyl (C=O) groups excluding carboxylic acids is 1. The van der Waals surface area contributed by atoms with Crippen molar-refractivity contribution >= 4 is 5.97 Å². The Labute approximate surface area is 114 Å². The van der Waals surface area contributed by atoms with Gasteiger partial charge in [0, 0.05) is 19.6 Å². The quantitative estimate of drug-likeness (QED) is 0.845. The molecule has 0 saturated carbocycles. The number of aliphatic hydroxyl groups is 1. The average molecular weight is 263 g/mol. The molecule has 1 heterocycles. The smallest absolute Gasteiger partial charge is 0.337 e. The maximum Gasteiger partial charge on any atom is 0.337 e. The van der Waals surface area contributed by atoms with Crippen molar-refractivity contribution in [1.82, 2.24) is 4.90 Å². The zero-order valence-electron chi connectivity index (χ0n) is 11.6. The fourth-order valence-electron chi connectivity index (χ4n) is 2.37. The number of esters is 1. The first-order valence-corrected chi connectivity index (χ1v) is 6.62. The SMILES string of the molecule is COC(=O)c1cccc(CN2CCC(C)(O)CC2)c1. The molecule has 0 unspecified atom stereocenters. The van der Waals surface area contributed by atoms with E-state index in [1.54, 1.807) is 6.07 Å². The van der Waals surface area contributed by atoms with Crippen LogP contribution in [-0.4, -0.2) is 41.8 Å². The predicted molar refractivity (Wildman–Crippen MR) is 72.9 cm³/mol. The van der Waals surface area contributed by atoms with Crippen molar-refractivity contribution in [3.8, 4) is 0 Å². The van der Waals surface area contributed by atoms with Gasteiger partial charge in [-0.1, -0.05) is 12.1 Å². The van der Waals surface area contributed by atoms with Crippen molar-refractivity contribution in [1.29, 1.82) is 0 Å². The van der Waals surface area contributed by atoms with Crippen molar-refractivity contribution in [2.45, 2.75) is 31.9 Å². The largest absolute Gasteiger partial charge is 0.465 e. The molecule has 0 atom stereocenters. The van der Waals surface area contributed by atoms with Gasteiger partial charge in [0.2, 0.25) is 0 Å². The molecule has 4 heteroatoms. The van der Waals surface area contributed by atoms with Crippen LogP contribution < -0.4 is 0 Å². The van der Waals surface area contributed by atoms with Crippen molar-refractivity contribution in [2.24, 2.45) is 0 Å². The molecule has 104 valence electrons. The normalized spacial score (nSPS) is 19.1. The number of methoxy groups -OCH3 is 1. The third-order valence-electron chi connectivity index (χ3n) is 3.69. The second-order valence-electron chi connectivity index (χ2n) is 5.47. The monoisotopic (exact) mass is 263 g/mol. The molecule has 0 spiro atoms. The summed E-state index contributed by atoms with van der Waals surface area (Å²) in [6, 6.07) is 7.52. The molecule has 0 aromatic heterocycles. The second-order valence-corrected chi connectivity index (χ2v) is 5.47. The van der Waals surface area contributed by atoms with Gasteiger partial charge in [-0.2, -0.15) is 0 Å². The highest BCUT2D eigenvalue weighted by Gasteiger charge is 2.27. The summed E-state index contributed by atoms with van der Waals surface area (Å²) in [6.07, 6.45) is 1.59. The van der Waals surface area contributed by atoms with E-state index in [0.29, 0.717) is 5.56 Å². The van der Waals surface area contributed by atoms with Crippen LogP contribution in [0.3, 0.4) is 0 Å². The Bertz CT molecular complexity index is 446. The number of carbonyl (C=O) groups is 1. The van der Waals surface area contributed by atoms with Crippen LogP contribution in [0.1, 0.15) is 35.7 Å². The zero-order valence-corrected chi connectivity index (χ0v) is 11.6. The molecule has 1 fully saturated rings. The molecule has 19 heavy (non-hydrogen) atoms. The maximum absolute atomic E-state index is 11.5. The summed E-state index contributed by atoms with van der Waals surface area (Å²) in [6.45, 7) is 4.47. The highest BCUT2D eigenvalue weighted by Crippen LogP contribution is 2.22. The van der Waals surface area contributed by atoms with Gasteiger partial charge in [0.25, 0.3) is 0 Å². The minimum atomic E-state index is -0.523. The van der Waals surface area contributed by atoms with Gasteiger partial charge >= 0.3 is 5.97 Å². The van der Waals surface area contributed by atoms with Gasteiger partial charge in [0.15, 0.2) is 0 Å². The van der Waals surface area contributed by atoms with E-state index in [1.165, 1.54) is 7.11 Å². The molecule has 1 aliphatic rings. The summed E-state index contributed by atoms with van der Waals surface area (Å²) in [5, 5.41) is 9.92. The van der Waals surface area contributed by atoms with E-state index in [4.69, 9.17) is 4.74 Å². The highest BCUT2D eigenvalue weighted by atomic mass is 16.5. The van der Waals surface area contributed by atoms with Crippen molar-refractivity contribution in [2.75, 3.05) is 20.2 Å². The number of hydrogen-bond acceptors (Lipinski definition) is 4. The number of benzene rings is 1. The lowest BCUT2D eigenvalue weighted by atomic mass is 9.93. The molecular weight excluding hydrogens is 242 g/mol. The minimum Gasteiger partial charge on any atom is -0.465 e. The topological polar surface area (TPSA) is 49.8 Å². The van der Waals surface area contributed by atoms with Crippen LogP contribution in [0.4, 0.5) is 0 Å². The minimum absolute atomic E-state index is 0.302. The number of hydrogen-bond donors (Lipinski definition) is 1. The molecule has 0 aliphatic carbocycles. The van der Waals surface area contributed by atoms with Gasteiger partial charge in [-0.25, -0.2) is 4.79 Å². The van der Waals surface area contributed by atoms with Crippen LogP contribution in [0.5, 0.6) is 0 Å². The van der Waals surface area contributed by atoms with Gasteiger partial charge in [0.1, 0.15) is 0 Å². The van der Waals surface area contributed by atoms with Gasteiger partial charge in [-0.15, -0.1) is 0 Å². The third kappa shape index (κ3) is 3.78. The average Bonchev–Trinajstić information content (AvgIpc) is 2.41. The van der Waals surface area contributed by atoms with Crippen molar-refractivity contribution in [3.05, 3.63) is 35.4 Å². The van der Waals surface area contributed by atoms with Crippen LogP contribution in [0.2, 0.25) is 0 Å². The van der Waals surface area contributed by atoms with Crippen LogP contribution in [0.25, 0.3) is 0 Å². The molecule has 2 rings (SSSR count). The van der Waals surface area contributed by atoms with E-state index >= 15 is 0 Å². The Morgan fingerprint density at radius 1 is 1.42 bits per heavy atom. The number of ether oxygens (including phenoxy) is 1. The van der Waals surface area contributed by atoms with E-state index in [2.05, 4.69) is 4.90 Å². The van der Waals surface area contributed by atoms with E-state index in [9.17, 15) is 9.90 Å². The summed E-state index contributed by atoms with van der Waals surface area (Å²) in [5.41, 5.74) is 1.16. The number of likely N-dealkylation sites (tertiary alicyclic amines) is 1. The first-order chi connectivity index (χ1) is 9.00. The Morgan fingerprint density at radius 2 is 2.11 bits per heavy atom. The lowest BCUT2D eigenvalue weighted by Crippen LogP contribution is -2.41. The lowest BCUT2D eigenvalue weighted by molar-refractivity contribution is -0.00730. The van der Waals surface area contributed by atoms with E-state index in [0.717, 1.165) is 38.0 Å². The van der Waals surface area contributed by atoms with Crippen molar-refractivity contribution < 1.29 is 14.6 Å². The Kier molecular flexibility index (Phi) is 4.22. The molecular formula is C15H21NO3. The van der Waals surface area contributed by atoms with Crippen molar-refractivity contribution in [3.63, 3.8) is 0 Å². The zero-order chi connectivity index (χ0) is 13.9. The van der Waals surface area contributed by atoms with E-state index in [1.807, 2.05) is 25.1 Å². The Morgan fingerprint density at radius 3 is 2.74 bits per heavy atom. The van der Waals surface area contributed by atoms with Gasteiger partial charge in [0.05, 0.1) is 18.3 Å². The molecule has 0 radical (unpaired) electrons. The molecule has 4 nitrogen and oxygen atoms in total. The third-order valence-corrected chi connectivity index (χ3v) is 3.69. The fourth-order valence-corrected chi connectivity index (χ4v) is 2.37. The molecule has 1 aromatic carbocycles. The summed E-state index contributed by atoms with van der Waals surface area (Å²) < 4.78 is 4.72. The fraction of sp³-hybridized carbons (Fsp3) is 0.533. The van der Waals surface area contributed by atoms with Gasteiger partial charge in [-0.3, -0.25) is 4.90 Å². The molecule has 1 N–H and O–H groups in total. The van der Waals surface area contributed by atoms with E-state index < -0.39 is 5.60 Å². The van der Waals surface area contributed by atoms with Crippen LogP contribution in [0, 0.1) is 0 Å².